The highest BCUT2D eigenvalue weighted by molar-refractivity contribution is 6.01. The van der Waals surface area contributed by atoms with Crippen LogP contribution < -0.4 is 4.74 Å². The number of Topliss-reactive ketones (excluding diaryl/α,β-unsaturated/α-hetero) is 1. The molecule has 1 unspecified atom stereocenters. The highest BCUT2D eigenvalue weighted by Crippen LogP contribution is 2.28. The number of carbonyl (C=O) groups is 1. The van der Waals surface area contributed by atoms with E-state index in [4.69, 9.17) is 9.47 Å². The van der Waals surface area contributed by atoms with Crippen molar-refractivity contribution in [3.8, 4) is 5.75 Å². The second-order valence-corrected chi connectivity index (χ2v) is 4.38. The van der Waals surface area contributed by atoms with Crippen LogP contribution in [-0.4, -0.2) is 26.1 Å². The van der Waals surface area contributed by atoms with E-state index >= 15 is 0 Å². The van der Waals surface area contributed by atoms with Crippen LogP contribution in [0.5, 0.6) is 5.75 Å². The number of methoxy groups -OCH3 is 2. The summed E-state index contributed by atoms with van der Waals surface area (Å²) in [5, 5.41) is 0. The van der Waals surface area contributed by atoms with Gasteiger partial charge in [0, 0.05) is 24.7 Å². The van der Waals surface area contributed by atoms with Crippen LogP contribution in [0, 0.1) is 0 Å². The molecule has 0 radical (unpaired) electrons. The highest BCUT2D eigenvalue weighted by atomic mass is 16.5. The zero-order valence-electron chi connectivity index (χ0n) is 10.8. The number of ether oxygens (including phenoxy) is 2. The standard InChI is InChI=1S/C15H18O3/c1-17-14-8-4-3-6-11(14)10-12-13(16)7-5-9-15(12)18-2/h3-4,6,8,10,15H,5,7,9H2,1-2H3. The van der Waals surface area contributed by atoms with Gasteiger partial charge in [-0.2, -0.15) is 0 Å². The summed E-state index contributed by atoms with van der Waals surface area (Å²) < 4.78 is 10.7. The van der Waals surface area contributed by atoms with Crippen molar-refractivity contribution >= 4 is 11.9 Å². The Morgan fingerprint density at radius 3 is 2.78 bits per heavy atom. The Labute approximate surface area is 107 Å². The van der Waals surface area contributed by atoms with E-state index in [1.807, 2.05) is 30.3 Å². The van der Waals surface area contributed by atoms with Crippen LogP contribution in [-0.2, 0) is 9.53 Å². The minimum atomic E-state index is -0.0869. The summed E-state index contributed by atoms with van der Waals surface area (Å²) in [6.07, 6.45) is 4.23. The number of ketones is 1. The van der Waals surface area contributed by atoms with Gasteiger partial charge in [-0.1, -0.05) is 18.2 Å². The van der Waals surface area contributed by atoms with Gasteiger partial charge in [-0.15, -0.1) is 0 Å². The Morgan fingerprint density at radius 1 is 1.28 bits per heavy atom. The Kier molecular flexibility index (Phi) is 4.15. The van der Waals surface area contributed by atoms with Crippen molar-refractivity contribution in [1.29, 1.82) is 0 Å². The fourth-order valence-corrected chi connectivity index (χ4v) is 2.30. The van der Waals surface area contributed by atoms with Crippen molar-refractivity contribution < 1.29 is 14.3 Å². The smallest absolute Gasteiger partial charge is 0.161 e. The summed E-state index contributed by atoms with van der Waals surface area (Å²) in [6, 6.07) is 7.68. The van der Waals surface area contributed by atoms with Crippen molar-refractivity contribution in [2.75, 3.05) is 14.2 Å². The van der Waals surface area contributed by atoms with E-state index < -0.39 is 0 Å². The van der Waals surface area contributed by atoms with Gasteiger partial charge in [-0.25, -0.2) is 0 Å². The lowest BCUT2D eigenvalue weighted by atomic mass is 9.89. The summed E-state index contributed by atoms with van der Waals surface area (Å²) in [7, 11) is 3.28. The van der Waals surface area contributed by atoms with Gasteiger partial charge in [0.15, 0.2) is 5.78 Å². The summed E-state index contributed by atoms with van der Waals surface area (Å²) in [5.41, 5.74) is 1.68. The van der Waals surface area contributed by atoms with Gasteiger partial charge < -0.3 is 9.47 Å². The Morgan fingerprint density at radius 2 is 2.06 bits per heavy atom. The second kappa shape index (κ2) is 5.83. The van der Waals surface area contributed by atoms with Crippen molar-refractivity contribution in [2.45, 2.75) is 25.4 Å². The topological polar surface area (TPSA) is 35.5 Å². The molecule has 1 aromatic rings. The molecule has 3 heteroatoms. The van der Waals surface area contributed by atoms with Gasteiger partial charge in [-0.05, 0) is 25.0 Å². The number of benzene rings is 1. The van der Waals surface area contributed by atoms with E-state index in [-0.39, 0.29) is 11.9 Å². The SMILES string of the molecule is COc1ccccc1C=C1C(=O)CCCC1OC. The first-order chi connectivity index (χ1) is 8.76. The average molecular weight is 246 g/mol. The third kappa shape index (κ3) is 2.62. The second-order valence-electron chi connectivity index (χ2n) is 4.38. The first kappa shape index (κ1) is 12.8. The maximum absolute atomic E-state index is 12.0. The molecule has 96 valence electrons. The van der Waals surface area contributed by atoms with Gasteiger partial charge in [0.25, 0.3) is 0 Å². The number of rotatable bonds is 3. The molecule has 1 aliphatic rings. The molecular formula is C15H18O3. The molecule has 18 heavy (non-hydrogen) atoms. The zero-order chi connectivity index (χ0) is 13.0. The normalized spacial score (nSPS) is 22.2. The predicted octanol–water partition coefficient (Wildman–Crippen LogP) is 2.85. The molecule has 0 aliphatic heterocycles. The summed E-state index contributed by atoms with van der Waals surface area (Å²) in [4.78, 5) is 12.0. The number of para-hydroxylation sites is 1. The van der Waals surface area contributed by atoms with Crippen LogP contribution in [0.2, 0.25) is 0 Å². The van der Waals surface area contributed by atoms with E-state index in [0.717, 1.165) is 29.7 Å². The Bertz CT molecular complexity index is 463. The Balaban J connectivity index is 2.37. The lowest BCUT2D eigenvalue weighted by molar-refractivity contribution is -0.118. The molecule has 1 atom stereocenters. The molecule has 1 aliphatic carbocycles. The van der Waals surface area contributed by atoms with Crippen molar-refractivity contribution in [3.05, 3.63) is 35.4 Å². The molecule has 1 fully saturated rings. The molecule has 0 heterocycles. The van der Waals surface area contributed by atoms with Crippen LogP contribution in [0.1, 0.15) is 24.8 Å². The van der Waals surface area contributed by atoms with Crippen LogP contribution in [0.25, 0.3) is 6.08 Å². The fourth-order valence-electron chi connectivity index (χ4n) is 2.30. The number of hydrogen-bond acceptors (Lipinski definition) is 3. The summed E-state index contributed by atoms with van der Waals surface area (Å²) in [5.74, 6) is 0.956. The lowest BCUT2D eigenvalue weighted by Crippen LogP contribution is -2.25. The van der Waals surface area contributed by atoms with Gasteiger partial charge in [0.1, 0.15) is 5.75 Å². The van der Waals surface area contributed by atoms with Crippen LogP contribution in [0.15, 0.2) is 29.8 Å². The van der Waals surface area contributed by atoms with E-state index in [2.05, 4.69) is 0 Å². The van der Waals surface area contributed by atoms with E-state index in [0.29, 0.717) is 6.42 Å². The minimum Gasteiger partial charge on any atom is -0.496 e. The van der Waals surface area contributed by atoms with E-state index in [1.165, 1.54) is 0 Å². The predicted molar refractivity (Wildman–Crippen MR) is 70.6 cm³/mol. The lowest BCUT2D eigenvalue weighted by Gasteiger charge is -2.23. The molecule has 1 aromatic carbocycles. The highest BCUT2D eigenvalue weighted by Gasteiger charge is 2.25. The maximum atomic E-state index is 12.0. The van der Waals surface area contributed by atoms with Crippen LogP contribution >= 0.6 is 0 Å². The van der Waals surface area contributed by atoms with Gasteiger partial charge >= 0.3 is 0 Å². The number of hydrogen-bond donors (Lipinski definition) is 0. The van der Waals surface area contributed by atoms with Crippen molar-refractivity contribution in [3.63, 3.8) is 0 Å². The van der Waals surface area contributed by atoms with Gasteiger partial charge in [0.05, 0.1) is 13.2 Å². The van der Waals surface area contributed by atoms with E-state index in [1.54, 1.807) is 14.2 Å². The fraction of sp³-hybridized carbons (Fsp3) is 0.400. The third-order valence-electron chi connectivity index (χ3n) is 3.27. The molecular weight excluding hydrogens is 228 g/mol. The molecule has 0 bridgehead atoms. The molecule has 0 N–H and O–H groups in total. The molecule has 0 aromatic heterocycles. The summed E-state index contributed by atoms with van der Waals surface area (Å²) in [6.45, 7) is 0. The van der Waals surface area contributed by atoms with Crippen molar-refractivity contribution in [1.82, 2.24) is 0 Å². The molecule has 1 saturated carbocycles. The van der Waals surface area contributed by atoms with E-state index in [9.17, 15) is 4.79 Å². The van der Waals surface area contributed by atoms with Crippen molar-refractivity contribution in [2.24, 2.45) is 0 Å². The molecule has 3 nitrogen and oxygen atoms in total. The maximum Gasteiger partial charge on any atom is 0.161 e. The van der Waals surface area contributed by atoms with Crippen LogP contribution in [0.4, 0.5) is 0 Å². The first-order valence-electron chi connectivity index (χ1n) is 6.17. The molecule has 2 rings (SSSR count). The summed E-state index contributed by atoms with van der Waals surface area (Å²) >= 11 is 0. The van der Waals surface area contributed by atoms with Gasteiger partial charge in [-0.3, -0.25) is 4.79 Å². The van der Waals surface area contributed by atoms with Crippen LogP contribution in [0.3, 0.4) is 0 Å². The molecule has 0 amide bonds. The minimum absolute atomic E-state index is 0.0869. The first-order valence-corrected chi connectivity index (χ1v) is 6.17. The Hall–Kier alpha value is -1.61. The monoisotopic (exact) mass is 246 g/mol. The zero-order valence-corrected chi connectivity index (χ0v) is 10.8. The average Bonchev–Trinajstić information content (AvgIpc) is 2.41. The number of carbonyl (C=O) groups excluding carboxylic acids is 1. The van der Waals surface area contributed by atoms with Gasteiger partial charge in [0.2, 0.25) is 0 Å². The molecule has 0 saturated heterocycles. The largest absolute Gasteiger partial charge is 0.496 e. The quantitative estimate of drug-likeness (QED) is 0.769. The third-order valence-corrected chi connectivity index (χ3v) is 3.27. The molecule has 0 spiro atoms.